The van der Waals surface area contributed by atoms with E-state index in [2.05, 4.69) is 5.32 Å². The number of sulfonamides is 1. The van der Waals surface area contributed by atoms with Gasteiger partial charge in [-0.05, 0) is 13.3 Å². The number of nitrogens with zero attached hydrogens (tertiary/aromatic N) is 1. The number of carbonyl (C=O) groups is 2. The van der Waals surface area contributed by atoms with Gasteiger partial charge in [0.2, 0.25) is 15.9 Å². The van der Waals surface area contributed by atoms with Gasteiger partial charge in [-0.15, -0.1) is 0 Å². The molecule has 0 unspecified atom stereocenters. The van der Waals surface area contributed by atoms with Gasteiger partial charge in [-0.1, -0.05) is 0 Å². The third-order valence-corrected chi connectivity index (χ3v) is 4.50. The Morgan fingerprint density at radius 2 is 2.12 bits per heavy atom. The Labute approximate surface area is 99.8 Å². The number of aliphatic carboxylic acids is 1. The summed E-state index contributed by atoms with van der Waals surface area (Å²) in [5, 5.41) is 10.8. The number of amides is 1. The Morgan fingerprint density at radius 3 is 2.59 bits per heavy atom. The highest BCUT2D eigenvalue weighted by molar-refractivity contribution is 7.89. The normalized spacial score (nSPS) is 21.0. The van der Waals surface area contributed by atoms with E-state index < -0.39 is 27.9 Å². The number of hydrogen-bond donors (Lipinski definition) is 2. The number of hydrogen-bond acceptors (Lipinski definition) is 4. The molecule has 0 aromatic carbocycles. The topological polar surface area (TPSA) is 104 Å². The first-order valence-corrected chi connectivity index (χ1v) is 6.94. The van der Waals surface area contributed by atoms with Crippen LogP contribution in [0.4, 0.5) is 0 Å². The summed E-state index contributed by atoms with van der Waals surface area (Å²) in [6.45, 7) is 1.90. The van der Waals surface area contributed by atoms with Gasteiger partial charge in [0, 0.05) is 19.5 Å². The molecule has 0 aromatic rings. The van der Waals surface area contributed by atoms with E-state index in [9.17, 15) is 18.0 Å². The molecule has 0 radical (unpaired) electrons. The highest BCUT2D eigenvalue weighted by Gasteiger charge is 2.28. The molecule has 1 fully saturated rings. The van der Waals surface area contributed by atoms with Gasteiger partial charge in [0.05, 0.1) is 5.75 Å². The first-order valence-electron chi connectivity index (χ1n) is 5.33. The molecule has 1 heterocycles. The van der Waals surface area contributed by atoms with Gasteiger partial charge in [-0.25, -0.2) is 12.7 Å². The van der Waals surface area contributed by atoms with Gasteiger partial charge in [0.25, 0.3) is 0 Å². The van der Waals surface area contributed by atoms with E-state index in [0.29, 0.717) is 13.0 Å². The van der Waals surface area contributed by atoms with Crippen LogP contribution in [-0.4, -0.2) is 54.6 Å². The number of rotatable bonds is 5. The largest absolute Gasteiger partial charge is 0.480 e. The van der Waals surface area contributed by atoms with Crippen LogP contribution in [0.15, 0.2) is 0 Å². The second-order valence-electron chi connectivity index (χ2n) is 3.95. The molecule has 0 aromatic heterocycles. The Bertz CT molecular complexity index is 406. The molecular weight excluding hydrogens is 248 g/mol. The lowest BCUT2D eigenvalue weighted by Gasteiger charge is -2.14. The quantitative estimate of drug-likeness (QED) is 0.663. The van der Waals surface area contributed by atoms with Crippen molar-refractivity contribution in [1.82, 2.24) is 9.62 Å². The van der Waals surface area contributed by atoms with E-state index >= 15 is 0 Å². The van der Waals surface area contributed by atoms with Crippen molar-refractivity contribution in [3.63, 3.8) is 0 Å². The summed E-state index contributed by atoms with van der Waals surface area (Å²) in [6, 6.07) is -0.960. The minimum Gasteiger partial charge on any atom is -0.480 e. The van der Waals surface area contributed by atoms with Crippen LogP contribution in [0.2, 0.25) is 0 Å². The lowest BCUT2D eigenvalue weighted by molar-refractivity contribution is -0.141. The molecule has 1 amide bonds. The van der Waals surface area contributed by atoms with E-state index in [1.165, 1.54) is 11.2 Å². The molecule has 7 nitrogen and oxygen atoms in total. The van der Waals surface area contributed by atoms with Crippen LogP contribution in [0, 0.1) is 0 Å². The summed E-state index contributed by atoms with van der Waals surface area (Å²) in [5.74, 6) is -1.45. The van der Waals surface area contributed by atoms with Crippen molar-refractivity contribution < 1.29 is 23.1 Å². The highest BCUT2D eigenvalue weighted by atomic mass is 32.2. The molecule has 1 rings (SSSR count). The van der Waals surface area contributed by atoms with Crippen LogP contribution in [0.1, 0.15) is 19.8 Å². The predicted octanol–water partition coefficient (Wildman–Crippen LogP) is -0.999. The summed E-state index contributed by atoms with van der Waals surface area (Å²) >= 11 is 0. The smallest absolute Gasteiger partial charge is 0.325 e. The Morgan fingerprint density at radius 1 is 1.47 bits per heavy atom. The molecular formula is C9H16N2O5S. The summed E-state index contributed by atoms with van der Waals surface area (Å²) in [7, 11) is -3.19. The van der Waals surface area contributed by atoms with Crippen molar-refractivity contribution >= 4 is 21.9 Å². The van der Waals surface area contributed by atoms with E-state index in [1.807, 2.05) is 0 Å². The fourth-order valence-corrected chi connectivity index (χ4v) is 3.07. The number of nitrogens with one attached hydrogen (secondary N) is 1. The lowest BCUT2D eigenvalue weighted by atomic mass is 10.3. The van der Waals surface area contributed by atoms with E-state index in [0.717, 1.165) is 0 Å². The second kappa shape index (κ2) is 5.46. The van der Waals surface area contributed by atoms with Crippen LogP contribution in [0.3, 0.4) is 0 Å². The maximum Gasteiger partial charge on any atom is 0.325 e. The predicted molar refractivity (Wildman–Crippen MR) is 59.8 cm³/mol. The van der Waals surface area contributed by atoms with Crippen molar-refractivity contribution in [2.75, 3.05) is 18.8 Å². The lowest BCUT2D eigenvalue weighted by Crippen LogP contribution is -2.40. The highest BCUT2D eigenvalue weighted by Crippen LogP contribution is 2.13. The minimum absolute atomic E-state index is 0.0170. The Balaban J connectivity index is 2.36. The molecule has 1 atom stereocenters. The third-order valence-electron chi connectivity index (χ3n) is 2.54. The summed E-state index contributed by atoms with van der Waals surface area (Å²) in [5.41, 5.74) is 0. The summed E-state index contributed by atoms with van der Waals surface area (Å²) in [4.78, 5) is 21.8. The number of carboxylic acids is 1. The van der Waals surface area contributed by atoms with Crippen LogP contribution < -0.4 is 5.32 Å². The first-order chi connectivity index (χ1) is 7.83. The SMILES string of the molecule is C[C@H](NC(=O)CCN1CCCS1(=O)=O)C(=O)O. The van der Waals surface area contributed by atoms with Crippen molar-refractivity contribution in [3.8, 4) is 0 Å². The zero-order valence-electron chi connectivity index (χ0n) is 9.55. The average Bonchev–Trinajstić information content (AvgIpc) is 2.54. The Kier molecular flexibility index (Phi) is 4.47. The van der Waals surface area contributed by atoms with Crippen molar-refractivity contribution in [3.05, 3.63) is 0 Å². The maximum atomic E-state index is 11.4. The molecule has 0 spiro atoms. The zero-order chi connectivity index (χ0) is 13.1. The summed E-state index contributed by atoms with van der Waals surface area (Å²) < 4.78 is 24.1. The third kappa shape index (κ3) is 3.97. The molecule has 0 saturated carbocycles. The molecule has 8 heteroatoms. The van der Waals surface area contributed by atoms with E-state index in [1.54, 1.807) is 0 Å². The molecule has 1 aliphatic heterocycles. The van der Waals surface area contributed by atoms with Crippen LogP contribution in [0.5, 0.6) is 0 Å². The van der Waals surface area contributed by atoms with Gasteiger partial charge in [-0.3, -0.25) is 9.59 Å². The number of carboxylic acid groups (broad SMARTS) is 1. The van der Waals surface area contributed by atoms with Gasteiger partial charge in [0.1, 0.15) is 6.04 Å². The molecule has 0 bridgehead atoms. The van der Waals surface area contributed by atoms with Crippen LogP contribution in [-0.2, 0) is 19.6 Å². The molecule has 1 saturated heterocycles. The van der Waals surface area contributed by atoms with Crippen molar-refractivity contribution in [2.45, 2.75) is 25.8 Å². The van der Waals surface area contributed by atoms with E-state index in [4.69, 9.17) is 5.11 Å². The van der Waals surface area contributed by atoms with Gasteiger partial charge >= 0.3 is 5.97 Å². The monoisotopic (exact) mass is 264 g/mol. The molecule has 0 aliphatic carbocycles. The fraction of sp³-hybridized carbons (Fsp3) is 0.778. The molecule has 2 N–H and O–H groups in total. The fourth-order valence-electron chi connectivity index (χ4n) is 1.54. The number of carbonyl (C=O) groups excluding carboxylic acids is 1. The molecule has 1 aliphatic rings. The standard InChI is InChI=1S/C9H16N2O5S/c1-7(9(13)14)10-8(12)3-5-11-4-2-6-17(11,15)16/h7H,2-6H2,1H3,(H,10,12)(H,13,14)/t7-/m0/s1. The van der Waals surface area contributed by atoms with Crippen LogP contribution in [0.25, 0.3) is 0 Å². The summed E-state index contributed by atoms with van der Waals surface area (Å²) in [6.07, 6.45) is 0.562. The second-order valence-corrected chi connectivity index (χ2v) is 6.03. The van der Waals surface area contributed by atoms with Crippen molar-refractivity contribution in [1.29, 1.82) is 0 Å². The van der Waals surface area contributed by atoms with Crippen LogP contribution >= 0.6 is 0 Å². The Hall–Kier alpha value is -1.15. The maximum absolute atomic E-state index is 11.4. The van der Waals surface area contributed by atoms with E-state index in [-0.39, 0.29) is 18.7 Å². The van der Waals surface area contributed by atoms with Gasteiger partial charge < -0.3 is 10.4 Å². The van der Waals surface area contributed by atoms with Gasteiger partial charge in [-0.2, -0.15) is 0 Å². The molecule has 98 valence electrons. The van der Waals surface area contributed by atoms with Gasteiger partial charge in [0.15, 0.2) is 0 Å². The van der Waals surface area contributed by atoms with Crippen molar-refractivity contribution in [2.24, 2.45) is 0 Å². The molecule has 17 heavy (non-hydrogen) atoms. The minimum atomic E-state index is -3.19. The average molecular weight is 264 g/mol. The first kappa shape index (κ1) is 13.9. The zero-order valence-corrected chi connectivity index (χ0v) is 10.4.